The summed E-state index contributed by atoms with van der Waals surface area (Å²) in [6.45, 7) is 3.63. The molecular weight excluding hydrogens is 376 g/mol. The molecule has 1 atom stereocenters. The molecule has 1 N–H and O–H groups in total. The van der Waals surface area contributed by atoms with E-state index in [0.717, 1.165) is 37.9 Å². The van der Waals surface area contributed by atoms with E-state index in [1.54, 1.807) is 31.2 Å². The zero-order chi connectivity index (χ0) is 19.9. The molecule has 1 aliphatic rings. The maximum Gasteiger partial charge on any atom is 0.252 e. The van der Waals surface area contributed by atoms with Gasteiger partial charge < -0.3 is 15.0 Å². The number of benzene rings is 2. The zero-order valence-electron chi connectivity index (χ0n) is 16.0. The van der Waals surface area contributed by atoms with Crippen molar-refractivity contribution in [2.75, 3.05) is 13.1 Å². The van der Waals surface area contributed by atoms with Gasteiger partial charge in [-0.25, -0.2) is 0 Å². The summed E-state index contributed by atoms with van der Waals surface area (Å²) >= 11 is 5.98. The number of carbonyl (C=O) groups is 2. The first kappa shape index (κ1) is 20.2. The van der Waals surface area contributed by atoms with Gasteiger partial charge in [-0.3, -0.25) is 9.59 Å². The van der Waals surface area contributed by atoms with Crippen LogP contribution in [0.25, 0.3) is 0 Å². The number of hydrogen-bond acceptors (Lipinski definition) is 3. The summed E-state index contributed by atoms with van der Waals surface area (Å²) < 4.78 is 5.77. The highest BCUT2D eigenvalue weighted by Gasteiger charge is 2.23. The van der Waals surface area contributed by atoms with Gasteiger partial charge in [0.25, 0.3) is 5.91 Å². The Kier molecular flexibility index (Phi) is 6.93. The number of piperidine rings is 1. The molecule has 2 aromatic carbocycles. The summed E-state index contributed by atoms with van der Waals surface area (Å²) in [6, 6.07) is 13.8. The smallest absolute Gasteiger partial charge is 0.252 e. The molecule has 28 heavy (non-hydrogen) atoms. The number of amides is 2. The van der Waals surface area contributed by atoms with Gasteiger partial charge in [0.15, 0.2) is 0 Å². The molecule has 1 fully saturated rings. The molecule has 1 heterocycles. The van der Waals surface area contributed by atoms with Crippen molar-refractivity contribution in [1.29, 1.82) is 0 Å². The number of rotatable bonds is 6. The monoisotopic (exact) mass is 400 g/mol. The Morgan fingerprint density at radius 1 is 1.11 bits per heavy atom. The van der Waals surface area contributed by atoms with E-state index in [9.17, 15) is 9.59 Å². The topological polar surface area (TPSA) is 58.6 Å². The fraction of sp³-hybridized carbons (Fsp3) is 0.364. The van der Waals surface area contributed by atoms with E-state index in [1.807, 2.05) is 29.2 Å². The Balaban J connectivity index is 1.57. The fourth-order valence-electron chi connectivity index (χ4n) is 3.25. The lowest BCUT2D eigenvalue weighted by Gasteiger charge is -2.29. The number of carbonyl (C=O) groups excluding carboxylic acids is 2. The van der Waals surface area contributed by atoms with Gasteiger partial charge in [-0.05, 0) is 62.1 Å². The number of hydrogen-bond donors (Lipinski definition) is 1. The molecule has 1 saturated heterocycles. The quantitative estimate of drug-likeness (QED) is 0.795. The number of likely N-dealkylation sites (tertiary alicyclic amines) is 1. The van der Waals surface area contributed by atoms with Gasteiger partial charge in [0.2, 0.25) is 5.91 Å². The number of nitrogens with one attached hydrogen (secondary N) is 1. The first-order valence-corrected chi connectivity index (χ1v) is 9.98. The largest absolute Gasteiger partial charge is 0.489 e. The summed E-state index contributed by atoms with van der Waals surface area (Å²) in [6.07, 6.45) is 3.21. The highest BCUT2D eigenvalue weighted by molar-refractivity contribution is 6.30. The van der Waals surface area contributed by atoms with Crippen molar-refractivity contribution in [3.05, 3.63) is 64.7 Å². The molecule has 1 aliphatic heterocycles. The Morgan fingerprint density at radius 2 is 1.86 bits per heavy atom. The average molecular weight is 401 g/mol. The molecule has 0 aromatic heterocycles. The van der Waals surface area contributed by atoms with Crippen molar-refractivity contribution < 1.29 is 14.3 Å². The number of nitrogens with zero attached hydrogens (tertiary/aromatic N) is 1. The van der Waals surface area contributed by atoms with Crippen molar-refractivity contribution in [3.8, 4) is 5.75 Å². The molecule has 6 heteroatoms. The van der Waals surface area contributed by atoms with Crippen LogP contribution in [0.15, 0.2) is 48.5 Å². The summed E-state index contributed by atoms with van der Waals surface area (Å²) in [5.74, 6) is 0.273. The van der Waals surface area contributed by atoms with Gasteiger partial charge in [-0.1, -0.05) is 29.8 Å². The third kappa shape index (κ3) is 5.49. The lowest BCUT2D eigenvalue weighted by molar-refractivity contribution is -0.133. The van der Waals surface area contributed by atoms with E-state index in [4.69, 9.17) is 16.3 Å². The van der Waals surface area contributed by atoms with Gasteiger partial charge in [-0.15, -0.1) is 0 Å². The van der Waals surface area contributed by atoms with Crippen LogP contribution < -0.4 is 10.1 Å². The lowest BCUT2D eigenvalue weighted by atomic mass is 10.1. The molecule has 3 rings (SSSR count). The predicted octanol–water partition coefficient (Wildman–Crippen LogP) is 4.05. The van der Waals surface area contributed by atoms with E-state index in [1.165, 1.54) is 0 Å². The Morgan fingerprint density at radius 3 is 2.61 bits per heavy atom. The van der Waals surface area contributed by atoms with Gasteiger partial charge in [0, 0.05) is 23.7 Å². The molecular formula is C22H25ClN2O3. The van der Waals surface area contributed by atoms with Crippen LogP contribution in [0.4, 0.5) is 0 Å². The van der Waals surface area contributed by atoms with Crippen LogP contribution in [0.2, 0.25) is 5.02 Å². The van der Waals surface area contributed by atoms with Crippen LogP contribution >= 0.6 is 11.6 Å². The molecule has 0 spiro atoms. The maximum atomic E-state index is 12.6. The Hall–Kier alpha value is -2.53. The fourth-order valence-corrected chi connectivity index (χ4v) is 3.46. The van der Waals surface area contributed by atoms with Gasteiger partial charge >= 0.3 is 0 Å². The van der Waals surface area contributed by atoms with Crippen molar-refractivity contribution in [3.63, 3.8) is 0 Å². The van der Waals surface area contributed by atoms with E-state index >= 15 is 0 Å². The minimum Gasteiger partial charge on any atom is -0.489 e. The van der Waals surface area contributed by atoms with Crippen LogP contribution in [0.5, 0.6) is 5.75 Å². The summed E-state index contributed by atoms with van der Waals surface area (Å²) in [4.78, 5) is 26.9. The first-order chi connectivity index (χ1) is 13.5. The van der Waals surface area contributed by atoms with Crippen LogP contribution in [-0.2, 0) is 11.4 Å². The second-order valence-corrected chi connectivity index (χ2v) is 7.46. The van der Waals surface area contributed by atoms with Gasteiger partial charge in [0.05, 0.1) is 0 Å². The lowest BCUT2D eigenvalue weighted by Crippen LogP contribution is -2.48. The van der Waals surface area contributed by atoms with Gasteiger partial charge in [0.1, 0.15) is 18.4 Å². The highest BCUT2D eigenvalue weighted by Crippen LogP contribution is 2.17. The van der Waals surface area contributed by atoms with Gasteiger partial charge in [-0.2, -0.15) is 0 Å². The highest BCUT2D eigenvalue weighted by atomic mass is 35.5. The first-order valence-electron chi connectivity index (χ1n) is 9.60. The minimum atomic E-state index is -0.554. The second-order valence-electron chi connectivity index (χ2n) is 7.03. The molecule has 0 aliphatic carbocycles. The van der Waals surface area contributed by atoms with Crippen molar-refractivity contribution in [2.45, 2.75) is 38.8 Å². The Bertz CT molecular complexity index is 834. The third-order valence-electron chi connectivity index (χ3n) is 4.78. The summed E-state index contributed by atoms with van der Waals surface area (Å²) in [7, 11) is 0. The number of halogens is 1. The van der Waals surface area contributed by atoms with Crippen LogP contribution in [-0.4, -0.2) is 35.8 Å². The zero-order valence-corrected chi connectivity index (χ0v) is 16.7. The average Bonchev–Trinajstić information content (AvgIpc) is 2.72. The van der Waals surface area contributed by atoms with E-state index in [-0.39, 0.29) is 11.8 Å². The molecule has 0 bridgehead atoms. The molecule has 0 unspecified atom stereocenters. The van der Waals surface area contributed by atoms with Crippen LogP contribution in [0.1, 0.15) is 42.1 Å². The Labute approximate surface area is 170 Å². The summed E-state index contributed by atoms with van der Waals surface area (Å²) in [5.41, 5.74) is 1.41. The molecule has 5 nitrogen and oxygen atoms in total. The standard InChI is InChI=1S/C22H25ClN2O3/c1-16(22(27)25-11-3-2-4-12-25)24-21(26)18-8-6-10-20(14-18)28-15-17-7-5-9-19(23)13-17/h5-10,13-14,16H,2-4,11-12,15H2,1H3,(H,24,26)/t16-/m0/s1. The molecule has 2 aromatic rings. The second kappa shape index (κ2) is 9.60. The van der Waals surface area contributed by atoms with Crippen molar-refractivity contribution >= 4 is 23.4 Å². The normalized spacial score (nSPS) is 15.0. The maximum absolute atomic E-state index is 12.6. The van der Waals surface area contributed by atoms with E-state index in [0.29, 0.717) is 22.9 Å². The summed E-state index contributed by atoms with van der Waals surface area (Å²) in [5, 5.41) is 3.45. The van der Waals surface area contributed by atoms with Crippen molar-refractivity contribution in [1.82, 2.24) is 10.2 Å². The predicted molar refractivity (Wildman–Crippen MR) is 110 cm³/mol. The molecule has 2 amide bonds. The van der Waals surface area contributed by atoms with E-state index < -0.39 is 6.04 Å². The van der Waals surface area contributed by atoms with Crippen LogP contribution in [0, 0.1) is 0 Å². The van der Waals surface area contributed by atoms with E-state index in [2.05, 4.69) is 5.32 Å². The molecule has 0 radical (unpaired) electrons. The third-order valence-corrected chi connectivity index (χ3v) is 5.01. The molecule has 0 saturated carbocycles. The minimum absolute atomic E-state index is 0.0265. The molecule has 148 valence electrons. The SMILES string of the molecule is C[C@H](NC(=O)c1cccc(OCc2cccc(Cl)c2)c1)C(=O)N1CCCCC1. The number of ether oxygens (including phenoxy) is 1. The van der Waals surface area contributed by atoms with Crippen LogP contribution in [0.3, 0.4) is 0 Å². The van der Waals surface area contributed by atoms with Crippen molar-refractivity contribution in [2.24, 2.45) is 0 Å².